The van der Waals surface area contributed by atoms with Crippen molar-refractivity contribution in [3.05, 3.63) is 79.8 Å². The van der Waals surface area contributed by atoms with Gasteiger partial charge in [0.05, 0.1) is 16.9 Å². The van der Waals surface area contributed by atoms with Crippen LogP contribution in [-0.2, 0) is 21.0 Å². The fraction of sp³-hybridized carbons (Fsp3) is 0.455. The van der Waals surface area contributed by atoms with Gasteiger partial charge in [0.1, 0.15) is 12.4 Å². The van der Waals surface area contributed by atoms with Crippen molar-refractivity contribution >= 4 is 40.9 Å². The first kappa shape index (κ1) is 28.4. The summed E-state index contributed by atoms with van der Waals surface area (Å²) in [4.78, 5) is 56.2. The average molecular weight is 619 g/mol. The number of ether oxygens (including phenoxy) is 1. The Morgan fingerprint density at radius 3 is 2.49 bits per heavy atom. The third kappa shape index (κ3) is 4.92. The van der Waals surface area contributed by atoms with E-state index in [0.29, 0.717) is 32.4 Å². The van der Waals surface area contributed by atoms with Crippen LogP contribution in [0, 0.1) is 36.5 Å². The van der Waals surface area contributed by atoms with Crippen LogP contribution in [0.15, 0.2) is 58.4 Å². The summed E-state index contributed by atoms with van der Waals surface area (Å²) in [7, 11) is 0. The van der Waals surface area contributed by atoms with E-state index in [1.54, 1.807) is 11.8 Å². The number of carbonyl (C=O) groups excluding carboxylic acids is 2. The van der Waals surface area contributed by atoms with E-state index in [1.165, 1.54) is 21.8 Å². The molecule has 2 amide bonds. The number of H-pyrrole nitrogens is 1. The summed E-state index contributed by atoms with van der Waals surface area (Å²) in [5.41, 5.74) is 3.43. The molecule has 3 fully saturated rings. The molecule has 8 nitrogen and oxygen atoms in total. The Labute approximate surface area is 257 Å². The van der Waals surface area contributed by atoms with Gasteiger partial charge < -0.3 is 14.8 Å². The largest absolute Gasteiger partial charge is 0.489 e. The van der Waals surface area contributed by atoms with Crippen molar-refractivity contribution in [1.29, 1.82) is 0 Å². The number of aliphatic carboxylic acids is 1. The summed E-state index contributed by atoms with van der Waals surface area (Å²) < 4.78 is 6.10. The summed E-state index contributed by atoms with van der Waals surface area (Å²) in [6.45, 7) is 2.92. The molecule has 0 spiro atoms. The van der Waals surface area contributed by atoms with E-state index in [4.69, 9.17) is 9.84 Å². The first-order valence-corrected chi connectivity index (χ1v) is 16.8. The molecule has 10 heteroatoms. The Morgan fingerprint density at radius 2 is 1.74 bits per heavy atom. The number of thiazole rings is 1. The number of nitrogens with zero attached hydrogens (tertiary/aromatic N) is 1. The average Bonchev–Trinajstić information content (AvgIpc) is 3.72. The lowest BCUT2D eigenvalue weighted by Gasteiger charge is -2.43. The number of imide groups is 1. The second-order valence-electron chi connectivity index (χ2n) is 12.3. The fourth-order valence-electron chi connectivity index (χ4n) is 8.10. The fourth-order valence-corrected chi connectivity index (χ4v) is 11.0. The molecule has 1 aromatic heterocycles. The monoisotopic (exact) mass is 618 g/mol. The van der Waals surface area contributed by atoms with Crippen molar-refractivity contribution in [3.63, 3.8) is 0 Å². The molecule has 43 heavy (non-hydrogen) atoms. The molecular weight excluding hydrogens is 585 g/mol. The van der Waals surface area contributed by atoms with E-state index in [0.717, 1.165) is 33.2 Å². The molecule has 224 valence electrons. The number of hydrogen-bond acceptors (Lipinski definition) is 7. The quantitative estimate of drug-likeness (QED) is 0.230. The molecule has 2 aliphatic heterocycles. The summed E-state index contributed by atoms with van der Waals surface area (Å²) >= 11 is 2.95. The Kier molecular flexibility index (Phi) is 7.45. The van der Waals surface area contributed by atoms with Gasteiger partial charge in [-0.3, -0.25) is 24.1 Å². The van der Waals surface area contributed by atoms with E-state index < -0.39 is 5.97 Å². The van der Waals surface area contributed by atoms with Crippen molar-refractivity contribution in [2.24, 2.45) is 29.6 Å². The molecule has 2 aliphatic carbocycles. The number of rotatable bonds is 10. The number of carboxylic acids is 1. The lowest BCUT2D eigenvalue weighted by Crippen LogP contribution is -2.42. The summed E-state index contributed by atoms with van der Waals surface area (Å²) in [5, 5.41) is 9.95. The molecule has 3 aromatic rings. The van der Waals surface area contributed by atoms with E-state index in [2.05, 4.69) is 36.2 Å². The first-order chi connectivity index (χ1) is 20.8. The molecule has 2 N–H and O–H groups in total. The van der Waals surface area contributed by atoms with Crippen LogP contribution >= 0.6 is 23.1 Å². The highest BCUT2D eigenvalue weighted by molar-refractivity contribution is 8.00. The Morgan fingerprint density at radius 1 is 1.00 bits per heavy atom. The second kappa shape index (κ2) is 11.3. The molecule has 7 rings (SSSR count). The predicted octanol–water partition coefficient (Wildman–Crippen LogP) is 5.44. The van der Waals surface area contributed by atoms with Crippen molar-refractivity contribution in [1.82, 2.24) is 9.88 Å². The predicted molar refractivity (Wildman–Crippen MR) is 163 cm³/mol. The highest BCUT2D eigenvalue weighted by atomic mass is 32.2. The maximum atomic E-state index is 13.7. The number of amides is 2. The number of nitrogens with one attached hydrogen (secondary N) is 1. The normalized spacial score (nSPS) is 28.6. The lowest BCUT2D eigenvalue weighted by atomic mass is 9.68. The zero-order chi connectivity index (χ0) is 29.8. The minimum Gasteiger partial charge on any atom is -0.489 e. The van der Waals surface area contributed by atoms with Crippen molar-refractivity contribution in [2.45, 2.75) is 61.8 Å². The number of carboxylic acid groups (broad SMARTS) is 1. The maximum Gasteiger partial charge on any atom is 0.305 e. The number of unbranched alkanes of at least 4 members (excludes halogenated alkanes) is 2. The van der Waals surface area contributed by atoms with Gasteiger partial charge in [0.25, 0.3) is 0 Å². The molecule has 6 unspecified atom stereocenters. The van der Waals surface area contributed by atoms with Gasteiger partial charge in [-0.2, -0.15) is 0 Å². The Bertz CT molecular complexity index is 1630. The van der Waals surface area contributed by atoms with Gasteiger partial charge in [0, 0.05) is 29.0 Å². The third-order valence-corrected chi connectivity index (χ3v) is 12.6. The van der Waals surface area contributed by atoms with E-state index in [9.17, 15) is 19.2 Å². The third-order valence-electron chi connectivity index (χ3n) is 9.98. The number of aryl methyl sites for hydroxylation is 1. The van der Waals surface area contributed by atoms with Crippen LogP contribution in [0.2, 0.25) is 0 Å². The van der Waals surface area contributed by atoms with E-state index in [1.807, 2.05) is 24.3 Å². The summed E-state index contributed by atoms with van der Waals surface area (Å²) in [6.07, 6.45) is 2.80. The minimum absolute atomic E-state index is 0.0282. The molecule has 7 atom stereocenters. The maximum absolute atomic E-state index is 13.7. The number of fused-ring (bicyclic) bond motifs is 9. The van der Waals surface area contributed by atoms with Gasteiger partial charge in [-0.25, -0.2) is 0 Å². The van der Waals surface area contributed by atoms with Gasteiger partial charge >= 0.3 is 10.8 Å². The number of carbonyl (C=O) groups is 3. The number of aromatic nitrogens is 1. The van der Waals surface area contributed by atoms with Crippen LogP contribution in [0.4, 0.5) is 0 Å². The number of aromatic amines is 1. The van der Waals surface area contributed by atoms with Crippen LogP contribution in [0.5, 0.6) is 5.75 Å². The van der Waals surface area contributed by atoms with Crippen molar-refractivity contribution < 1.29 is 24.2 Å². The van der Waals surface area contributed by atoms with Gasteiger partial charge in [-0.05, 0) is 72.8 Å². The number of thioether (sulfide) groups is 1. The summed E-state index contributed by atoms with van der Waals surface area (Å²) in [5.74, 6) is -0.478. The molecule has 3 heterocycles. The molecule has 1 saturated heterocycles. The zero-order valence-corrected chi connectivity index (χ0v) is 25.5. The molecular formula is C33H34N2O6S2. The van der Waals surface area contributed by atoms with Gasteiger partial charge in [-0.15, -0.1) is 11.8 Å². The van der Waals surface area contributed by atoms with Gasteiger partial charge in [-0.1, -0.05) is 54.2 Å². The second-order valence-corrected chi connectivity index (χ2v) is 14.5. The van der Waals surface area contributed by atoms with Crippen LogP contribution in [0.1, 0.15) is 59.6 Å². The Balaban J connectivity index is 1.12. The molecule has 4 aliphatic rings. The summed E-state index contributed by atoms with van der Waals surface area (Å²) in [6, 6.07) is 16.3. The number of benzene rings is 2. The highest BCUT2D eigenvalue weighted by Crippen LogP contribution is 2.68. The van der Waals surface area contributed by atoms with Crippen LogP contribution in [0.25, 0.3) is 0 Å². The highest BCUT2D eigenvalue weighted by Gasteiger charge is 2.69. The lowest BCUT2D eigenvalue weighted by molar-refractivity contribution is -0.141. The molecule has 2 aromatic carbocycles. The van der Waals surface area contributed by atoms with Crippen LogP contribution in [-0.4, -0.2) is 44.6 Å². The van der Waals surface area contributed by atoms with Crippen LogP contribution < -0.4 is 9.61 Å². The Hall–Kier alpha value is -3.37. The van der Waals surface area contributed by atoms with E-state index >= 15 is 0 Å². The molecule has 2 saturated carbocycles. The van der Waals surface area contributed by atoms with Crippen molar-refractivity contribution in [2.75, 3.05) is 6.54 Å². The zero-order valence-electron chi connectivity index (χ0n) is 23.9. The number of likely N-dealkylation sites (tertiary alicyclic amines) is 1. The van der Waals surface area contributed by atoms with Gasteiger partial charge in [0.2, 0.25) is 11.8 Å². The van der Waals surface area contributed by atoms with Crippen LogP contribution in [0.3, 0.4) is 0 Å². The standard InChI is InChI=1S/C33H34N2O6S2/c1-17-7-4-5-8-19(17)16-41-20-12-10-18(11-13-20)24-25-21-15-22(28(25)42-30-29(24)43-33(40)34-30)27-26(21)31(38)35(32(27)39)14-6-2-3-9-23(36)37/h4-5,7-8,10-13,21-22,24-28H,2-3,6,9,14-16H2,1H3,(H,34,40)(H,36,37)/t21?,22?,24-,25?,26?,27?,28?/m1/s1. The number of hydrogen-bond donors (Lipinski definition) is 2. The molecule has 2 bridgehead atoms. The topological polar surface area (TPSA) is 117 Å². The first-order valence-electron chi connectivity index (χ1n) is 15.1. The smallest absolute Gasteiger partial charge is 0.305 e. The van der Waals surface area contributed by atoms with Crippen molar-refractivity contribution in [3.8, 4) is 5.75 Å². The van der Waals surface area contributed by atoms with E-state index in [-0.39, 0.29) is 63.9 Å². The molecule has 0 radical (unpaired) electrons. The minimum atomic E-state index is -0.826. The van der Waals surface area contributed by atoms with Gasteiger partial charge in [0.15, 0.2) is 0 Å². The SMILES string of the molecule is Cc1ccccc1COc1ccc([C@H]2c3sc(=O)[nH]c3SC3C4CC(C5C(=O)N(CCCCCC(=O)O)C(=O)C45)C32)cc1.